The van der Waals surface area contributed by atoms with Crippen LogP contribution in [0.4, 0.5) is 0 Å². The summed E-state index contributed by atoms with van der Waals surface area (Å²) in [6.45, 7) is 7.66. The van der Waals surface area contributed by atoms with Crippen LogP contribution in [0.2, 0.25) is 5.02 Å². The number of hydrogen-bond donors (Lipinski definition) is 0. The molecule has 2 aromatic rings. The topological polar surface area (TPSA) is 56.6 Å². The van der Waals surface area contributed by atoms with Gasteiger partial charge >= 0.3 is 0 Å². The van der Waals surface area contributed by atoms with Crippen LogP contribution in [-0.2, 0) is 11.3 Å². The van der Waals surface area contributed by atoms with Crippen LogP contribution in [0.1, 0.15) is 32.4 Å². The number of pyridine rings is 2. The lowest BCUT2D eigenvalue weighted by molar-refractivity contribution is 0.0583. The van der Waals surface area contributed by atoms with Gasteiger partial charge in [-0.2, -0.15) is 0 Å². The molecule has 0 amide bonds. The smallest absolute Gasteiger partial charge is 0.258 e. The number of nitrogens with zero attached hydrogens (tertiary/aromatic N) is 3. The van der Waals surface area contributed by atoms with Gasteiger partial charge in [0.15, 0.2) is 0 Å². The van der Waals surface area contributed by atoms with E-state index in [4.69, 9.17) is 21.1 Å². The minimum atomic E-state index is -0.121. The number of ether oxygens (including phenoxy) is 2. The predicted octanol–water partition coefficient (Wildman–Crippen LogP) is 4.35. The molecule has 2 aromatic heterocycles. The molecule has 7 heteroatoms. The summed E-state index contributed by atoms with van der Waals surface area (Å²) in [4.78, 5) is 19.3. The van der Waals surface area contributed by atoms with E-state index in [1.807, 2.05) is 12.2 Å². The number of aromatic nitrogens is 2. The van der Waals surface area contributed by atoms with Crippen molar-refractivity contribution in [2.75, 3.05) is 19.7 Å². The maximum Gasteiger partial charge on any atom is 0.258 e. The van der Waals surface area contributed by atoms with Crippen molar-refractivity contribution in [3.8, 4) is 5.75 Å². The van der Waals surface area contributed by atoms with Crippen LogP contribution < -0.4 is 10.3 Å². The molecule has 3 heterocycles. The Bertz CT molecular complexity index is 1030. The van der Waals surface area contributed by atoms with E-state index in [1.165, 1.54) is 25.6 Å². The van der Waals surface area contributed by atoms with Gasteiger partial charge in [0.1, 0.15) is 19.0 Å². The maximum absolute atomic E-state index is 12.7. The summed E-state index contributed by atoms with van der Waals surface area (Å²) >= 11 is 5.85. The van der Waals surface area contributed by atoms with E-state index in [9.17, 15) is 4.79 Å². The molecule has 0 aromatic carbocycles. The highest BCUT2D eigenvalue weighted by Crippen LogP contribution is 2.28. The molecule has 2 aliphatic rings. The lowest BCUT2D eigenvalue weighted by atomic mass is 9.97. The molecule has 0 bridgehead atoms. The molecule has 0 spiro atoms. The first-order valence-electron chi connectivity index (χ1n) is 10.7. The predicted molar refractivity (Wildman–Crippen MR) is 122 cm³/mol. The van der Waals surface area contributed by atoms with E-state index in [-0.39, 0.29) is 18.1 Å². The summed E-state index contributed by atoms with van der Waals surface area (Å²) in [7, 11) is 0. The highest BCUT2D eigenvalue weighted by molar-refractivity contribution is 6.30. The Balaban J connectivity index is 1.38. The van der Waals surface area contributed by atoms with Crippen LogP contribution in [0.25, 0.3) is 5.70 Å². The Morgan fingerprint density at radius 2 is 2.06 bits per heavy atom. The third kappa shape index (κ3) is 5.38. The summed E-state index contributed by atoms with van der Waals surface area (Å²) in [5.41, 5.74) is 1.58. The van der Waals surface area contributed by atoms with Crippen LogP contribution in [0.5, 0.6) is 5.75 Å². The van der Waals surface area contributed by atoms with Crippen LogP contribution in [-0.4, -0.2) is 40.2 Å². The molecule has 1 fully saturated rings. The normalized spacial score (nSPS) is 19.8. The molecule has 0 N–H and O–H groups in total. The molecular weight excluding hydrogens is 414 g/mol. The van der Waals surface area contributed by atoms with E-state index in [1.54, 1.807) is 35.2 Å². The quantitative estimate of drug-likeness (QED) is 0.609. The molecule has 31 heavy (non-hydrogen) atoms. The standard InChI is InChI=1S/C24H28ClN3O3/c1-17-12-21(6-7-23(17)31-15-18(2)27-9-3-10-27)28-11-8-22(13-24(28)29)30-16-20-5-4-19(25)14-26-20/h4-8,11,13-14,17-18H,3,9-10,12,15-16H2,1-2H3/t17?,18-/m0/s1. The minimum absolute atomic E-state index is 0.121. The number of halogens is 1. The van der Waals surface area contributed by atoms with Gasteiger partial charge in [-0.25, -0.2) is 0 Å². The van der Waals surface area contributed by atoms with Crippen LogP contribution in [0, 0.1) is 5.92 Å². The van der Waals surface area contributed by atoms with Gasteiger partial charge in [0.2, 0.25) is 0 Å². The average Bonchev–Trinajstić information content (AvgIpc) is 2.71. The second-order valence-electron chi connectivity index (χ2n) is 8.21. The Labute approximate surface area is 187 Å². The fraction of sp³-hybridized carbons (Fsp3) is 0.417. The first-order chi connectivity index (χ1) is 15.0. The van der Waals surface area contributed by atoms with Gasteiger partial charge in [0.25, 0.3) is 5.56 Å². The van der Waals surface area contributed by atoms with Crippen LogP contribution in [0.15, 0.2) is 59.4 Å². The molecule has 164 valence electrons. The van der Waals surface area contributed by atoms with E-state index in [0.29, 0.717) is 23.4 Å². The van der Waals surface area contributed by atoms with E-state index >= 15 is 0 Å². The zero-order valence-corrected chi connectivity index (χ0v) is 18.7. The molecule has 0 saturated carbocycles. The van der Waals surface area contributed by atoms with E-state index in [0.717, 1.165) is 23.6 Å². The SMILES string of the molecule is CC1CC(n2ccc(OCc3ccc(Cl)cn3)cc2=O)=CC=C1OC[C@H](C)N1CCC1. The summed E-state index contributed by atoms with van der Waals surface area (Å²) in [6.07, 6.45) is 9.34. The lowest BCUT2D eigenvalue weighted by Crippen LogP contribution is -2.45. The van der Waals surface area contributed by atoms with Crippen molar-refractivity contribution in [3.63, 3.8) is 0 Å². The molecule has 0 radical (unpaired) electrons. The number of allylic oxidation sites excluding steroid dienone is 4. The first kappa shape index (κ1) is 21.7. The lowest BCUT2D eigenvalue weighted by Gasteiger charge is -2.36. The maximum atomic E-state index is 12.7. The Hall–Kier alpha value is -2.57. The summed E-state index contributed by atoms with van der Waals surface area (Å²) in [6, 6.07) is 7.30. The number of rotatable bonds is 8. The average molecular weight is 442 g/mol. The number of likely N-dealkylation sites (tertiary alicyclic amines) is 1. The van der Waals surface area contributed by atoms with Gasteiger partial charge in [-0.15, -0.1) is 0 Å². The third-order valence-electron chi connectivity index (χ3n) is 5.82. The van der Waals surface area contributed by atoms with Gasteiger partial charge in [0, 0.05) is 36.1 Å². The molecule has 4 rings (SSSR count). The highest BCUT2D eigenvalue weighted by atomic mass is 35.5. The first-order valence-corrected chi connectivity index (χ1v) is 11.1. The number of hydrogen-bond acceptors (Lipinski definition) is 5. The highest BCUT2D eigenvalue weighted by Gasteiger charge is 2.23. The Kier molecular flexibility index (Phi) is 6.78. The molecule has 1 aliphatic carbocycles. The second-order valence-corrected chi connectivity index (χ2v) is 8.65. The van der Waals surface area contributed by atoms with Crippen molar-refractivity contribution in [3.05, 3.63) is 75.6 Å². The Morgan fingerprint density at radius 1 is 1.23 bits per heavy atom. The van der Waals surface area contributed by atoms with E-state index in [2.05, 4.69) is 23.7 Å². The van der Waals surface area contributed by atoms with Gasteiger partial charge in [-0.1, -0.05) is 18.5 Å². The molecule has 1 unspecified atom stereocenters. The summed E-state index contributed by atoms with van der Waals surface area (Å²) in [5.74, 6) is 1.73. The van der Waals surface area contributed by atoms with Crippen molar-refractivity contribution in [1.29, 1.82) is 0 Å². The van der Waals surface area contributed by atoms with Crippen molar-refractivity contribution in [2.24, 2.45) is 5.92 Å². The van der Waals surface area contributed by atoms with Crippen molar-refractivity contribution >= 4 is 17.3 Å². The monoisotopic (exact) mass is 441 g/mol. The van der Waals surface area contributed by atoms with Crippen molar-refractivity contribution in [1.82, 2.24) is 14.5 Å². The van der Waals surface area contributed by atoms with E-state index < -0.39 is 0 Å². The fourth-order valence-corrected chi connectivity index (χ4v) is 3.85. The largest absolute Gasteiger partial charge is 0.496 e. The van der Waals surface area contributed by atoms with Crippen molar-refractivity contribution in [2.45, 2.75) is 39.3 Å². The van der Waals surface area contributed by atoms with Crippen LogP contribution in [0.3, 0.4) is 0 Å². The van der Waals surface area contributed by atoms with Gasteiger partial charge in [-0.05, 0) is 63.2 Å². The molecule has 2 atom stereocenters. The molecular formula is C24H28ClN3O3. The second kappa shape index (κ2) is 9.71. The minimum Gasteiger partial charge on any atom is -0.496 e. The van der Waals surface area contributed by atoms with Crippen molar-refractivity contribution < 1.29 is 9.47 Å². The van der Waals surface area contributed by atoms with Gasteiger partial charge < -0.3 is 9.47 Å². The summed E-state index contributed by atoms with van der Waals surface area (Å²) in [5, 5.41) is 0.578. The van der Waals surface area contributed by atoms with Crippen LogP contribution >= 0.6 is 11.6 Å². The zero-order chi connectivity index (χ0) is 21.8. The van der Waals surface area contributed by atoms with Gasteiger partial charge in [-0.3, -0.25) is 19.2 Å². The zero-order valence-electron chi connectivity index (χ0n) is 18.0. The molecule has 1 aliphatic heterocycles. The third-order valence-corrected chi connectivity index (χ3v) is 6.05. The molecule has 1 saturated heterocycles. The van der Waals surface area contributed by atoms with Gasteiger partial charge in [0.05, 0.1) is 16.5 Å². The fourth-order valence-electron chi connectivity index (χ4n) is 3.73. The summed E-state index contributed by atoms with van der Waals surface area (Å²) < 4.78 is 13.5. The Morgan fingerprint density at radius 3 is 2.71 bits per heavy atom. The molecule has 6 nitrogen and oxygen atoms in total.